The monoisotopic (exact) mass is 232 g/mol. The van der Waals surface area contributed by atoms with Gasteiger partial charge in [0.25, 0.3) is 0 Å². The van der Waals surface area contributed by atoms with E-state index in [4.69, 9.17) is 10.2 Å². The van der Waals surface area contributed by atoms with Crippen LogP contribution in [-0.4, -0.2) is 27.3 Å². The fourth-order valence-corrected chi connectivity index (χ4v) is 1.72. The molecule has 0 fully saturated rings. The number of benzene rings is 2. The molecule has 0 amide bonds. The molecule has 86 valence electrons. The highest BCUT2D eigenvalue weighted by Crippen LogP contribution is 2.31. The average Bonchev–Trinajstić information content (AvgIpc) is 2.27. The summed E-state index contributed by atoms with van der Waals surface area (Å²) in [5.74, 6) is -3.44. The van der Waals surface area contributed by atoms with E-state index in [2.05, 4.69) is 0 Å². The number of fused-ring (bicyclic) bond motifs is 1. The van der Waals surface area contributed by atoms with Gasteiger partial charge in [0.1, 0.15) is 16.9 Å². The van der Waals surface area contributed by atoms with Gasteiger partial charge in [-0.15, -0.1) is 0 Å². The number of phenols is 1. The maximum atomic E-state index is 11.1. The van der Waals surface area contributed by atoms with Crippen molar-refractivity contribution in [3.05, 3.63) is 41.5 Å². The van der Waals surface area contributed by atoms with E-state index in [1.807, 2.05) is 0 Å². The molecule has 0 aliphatic carbocycles. The molecule has 0 saturated heterocycles. The highest BCUT2D eigenvalue weighted by Gasteiger charge is 2.21. The third-order valence-electron chi connectivity index (χ3n) is 2.47. The smallest absolute Gasteiger partial charge is 0.340 e. The van der Waals surface area contributed by atoms with Crippen LogP contribution in [0, 0.1) is 0 Å². The Balaban J connectivity index is 2.95. The van der Waals surface area contributed by atoms with Gasteiger partial charge in [0.15, 0.2) is 0 Å². The van der Waals surface area contributed by atoms with E-state index in [1.165, 1.54) is 12.1 Å². The molecule has 5 heteroatoms. The first-order valence-corrected chi connectivity index (χ1v) is 4.73. The molecule has 0 aliphatic heterocycles. The molecule has 0 heterocycles. The van der Waals surface area contributed by atoms with Crippen molar-refractivity contribution in [2.75, 3.05) is 0 Å². The highest BCUT2D eigenvalue weighted by atomic mass is 16.4. The Labute approximate surface area is 95.5 Å². The molecule has 0 spiro atoms. The van der Waals surface area contributed by atoms with Gasteiger partial charge in [0.05, 0.1) is 0 Å². The topological polar surface area (TPSA) is 94.8 Å². The first-order valence-electron chi connectivity index (χ1n) is 4.73. The van der Waals surface area contributed by atoms with Gasteiger partial charge in [-0.1, -0.05) is 24.3 Å². The lowest BCUT2D eigenvalue weighted by Gasteiger charge is -2.08. The van der Waals surface area contributed by atoms with Crippen molar-refractivity contribution in [1.29, 1.82) is 0 Å². The third-order valence-corrected chi connectivity index (χ3v) is 2.47. The lowest BCUT2D eigenvalue weighted by Crippen LogP contribution is -2.04. The summed E-state index contributed by atoms with van der Waals surface area (Å²) in [6.07, 6.45) is 0. The Bertz CT molecular complexity index is 630. The second-order valence-corrected chi connectivity index (χ2v) is 3.48. The van der Waals surface area contributed by atoms with Gasteiger partial charge in [0, 0.05) is 0 Å². The first kappa shape index (κ1) is 10.9. The zero-order valence-electron chi connectivity index (χ0n) is 8.54. The number of hydrogen-bond donors (Lipinski definition) is 3. The molecule has 2 aromatic carbocycles. The number of rotatable bonds is 2. The number of carboxylic acid groups (broad SMARTS) is 2. The fourth-order valence-electron chi connectivity index (χ4n) is 1.72. The van der Waals surface area contributed by atoms with Crippen molar-refractivity contribution in [3.63, 3.8) is 0 Å². The SMILES string of the molecule is O=C(O)c1cc2ccccc2c(C(=O)O)c1O. The normalized spacial score (nSPS) is 10.4. The van der Waals surface area contributed by atoms with Crippen molar-refractivity contribution >= 4 is 22.7 Å². The summed E-state index contributed by atoms with van der Waals surface area (Å²) in [6, 6.07) is 7.64. The van der Waals surface area contributed by atoms with Gasteiger partial charge in [-0.3, -0.25) is 0 Å². The van der Waals surface area contributed by atoms with Gasteiger partial charge in [-0.05, 0) is 16.8 Å². The van der Waals surface area contributed by atoms with Crippen LogP contribution in [0.15, 0.2) is 30.3 Å². The molecule has 2 aromatic rings. The van der Waals surface area contributed by atoms with E-state index in [0.717, 1.165) is 0 Å². The number of carboxylic acids is 2. The average molecular weight is 232 g/mol. The zero-order chi connectivity index (χ0) is 12.6. The Morgan fingerprint density at radius 2 is 1.65 bits per heavy atom. The summed E-state index contributed by atoms with van der Waals surface area (Å²) in [4.78, 5) is 21.9. The Hall–Kier alpha value is -2.56. The molecule has 0 saturated carbocycles. The van der Waals surface area contributed by atoms with Crippen LogP contribution in [0.25, 0.3) is 10.8 Å². The van der Waals surface area contributed by atoms with Crippen LogP contribution < -0.4 is 0 Å². The van der Waals surface area contributed by atoms with E-state index >= 15 is 0 Å². The summed E-state index contributed by atoms with van der Waals surface area (Å²) < 4.78 is 0. The molecule has 0 bridgehead atoms. The van der Waals surface area contributed by atoms with E-state index < -0.39 is 23.3 Å². The predicted molar refractivity (Wildman–Crippen MR) is 59.5 cm³/mol. The summed E-state index contributed by atoms with van der Waals surface area (Å²) in [5.41, 5.74) is -0.804. The third kappa shape index (κ3) is 1.67. The number of aromatic carboxylic acids is 2. The molecule has 0 radical (unpaired) electrons. The molecule has 3 N–H and O–H groups in total. The first-order chi connectivity index (χ1) is 8.02. The van der Waals surface area contributed by atoms with Gasteiger partial charge in [0.2, 0.25) is 0 Å². The second kappa shape index (κ2) is 3.79. The van der Waals surface area contributed by atoms with E-state index in [9.17, 15) is 14.7 Å². The van der Waals surface area contributed by atoms with Crippen LogP contribution in [0.1, 0.15) is 20.7 Å². The minimum atomic E-state index is -1.37. The summed E-state index contributed by atoms with van der Waals surface area (Å²) in [7, 11) is 0. The number of hydrogen-bond acceptors (Lipinski definition) is 3. The molecular formula is C12H8O5. The lowest BCUT2D eigenvalue weighted by molar-refractivity contribution is 0.0693. The molecule has 0 unspecified atom stereocenters. The number of aromatic hydroxyl groups is 1. The van der Waals surface area contributed by atoms with E-state index in [0.29, 0.717) is 10.8 Å². The van der Waals surface area contributed by atoms with Gasteiger partial charge < -0.3 is 15.3 Å². The van der Waals surface area contributed by atoms with Crippen LogP contribution in [0.5, 0.6) is 5.75 Å². The Morgan fingerprint density at radius 1 is 1.00 bits per heavy atom. The largest absolute Gasteiger partial charge is 0.506 e. The molecule has 5 nitrogen and oxygen atoms in total. The molecule has 0 atom stereocenters. The molecule has 17 heavy (non-hydrogen) atoms. The highest BCUT2D eigenvalue weighted by molar-refractivity contribution is 6.10. The summed E-state index contributed by atoms with van der Waals surface area (Å²) in [5, 5.41) is 28.3. The fraction of sp³-hybridized carbons (Fsp3) is 0. The zero-order valence-corrected chi connectivity index (χ0v) is 8.54. The Morgan fingerprint density at radius 3 is 2.24 bits per heavy atom. The van der Waals surface area contributed by atoms with Crippen molar-refractivity contribution in [2.45, 2.75) is 0 Å². The van der Waals surface area contributed by atoms with Crippen LogP contribution in [0.4, 0.5) is 0 Å². The second-order valence-electron chi connectivity index (χ2n) is 3.48. The van der Waals surface area contributed by atoms with Crippen molar-refractivity contribution < 1.29 is 24.9 Å². The van der Waals surface area contributed by atoms with Gasteiger partial charge in [-0.2, -0.15) is 0 Å². The lowest BCUT2D eigenvalue weighted by atomic mass is 9.99. The molecular weight excluding hydrogens is 224 g/mol. The minimum Gasteiger partial charge on any atom is -0.506 e. The molecule has 2 rings (SSSR count). The number of carbonyl (C=O) groups is 2. The van der Waals surface area contributed by atoms with Gasteiger partial charge >= 0.3 is 11.9 Å². The van der Waals surface area contributed by atoms with E-state index in [-0.39, 0.29) is 5.56 Å². The molecule has 0 aromatic heterocycles. The minimum absolute atomic E-state index is 0.308. The van der Waals surface area contributed by atoms with Crippen molar-refractivity contribution in [3.8, 4) is 5.75 Å². The predicted octanol–water partition coefficient (Wildman–Crippen LogP) is 1.94. The summed E-state index contributed by atoms with van der Waals surface area (Å²) >= 11 is 0. The quantitative estimate of drug-likeness (QED) is 0.735. The summed E-state index contributed by atoms with van der Waals surface area (Å²) in [6.45, 7) is 0. The van der Waals surface area contributed by atoms with Crippen LogP contribution in [0.2, 0.25) is 0 Å². The van der Waals surface area contributed by atoms with Crippen LogP contribution in [0.3, 0.4) is 0 Å². The standard InChI is InChI=1S/C12H8O5/c13-10-8(11(14)15)5-6-3-1-2-4-7(6)9(10)12(16)17/h1-5,13H,(H,14,15)(H,16,17). The maximum Gasteiger partial charge on any atom is 0.340 e. The molecule has 0 aliphatic rings. The maximum absolute atomic E-state index is 11.1. The van der Waals surface area contributed by atoms with Crippen LogP contribution >= 0.6 is 0 Å². The van der Waals surface area contributed by atoms with Crippen molar-refractivity contribution in [2.24, 2.45) is 0 Å². The van der Waals surface area contributed by atoms with Crippen LogP contribution in [-0.2, 0) is 0 Å². The van der Waals surface area contributed by atoms with Crippen molar-refractivity contribution in [1.82, 2.24) is 0 Å². The van der Waals surface area contributed by atoms with Gasteiger partial charge in [-0.25, -0.2) is 9.59 Å². The Kier molecular flexibility index (Phi) is 2.44. The van der Waals surface area contributed by atoms with E-state index in [1.54, 1.807) is 18.2 Å².